The molecule has 1 aromatic rings. The van der Waals surface area contributed by atoms with E-state index in [1.165, 1.54) is 0 Å². The Morgan fingerprint density at radius 3 is 2.78 bits per heavy atom. The summed E-state index contributed by atoms with van der Waals surface area (Å²) in [6, 6.07) is -0.0680. The van der Waals surface area contributed by atoms with Gasteiger partial charge in [-0.3, -0.25) is 0 Å². The van der Waals surface area contributed by atoms with Crippen LogP contribution in [0.4, 0.5) is 4.79 Å². The molecule has 1 aliphatic rings. The van der Waals surface area contributed by atoms with Gasteiger partial charge in [0.15, 0.2) is 0 Å². The highest BCUT2D eigenvalue weighted by atomic mass is 16.5. The van der Waals surface area contributed by atoms with E-state index in [4.69, 9.17) is 4.52 Å². The van der Waals surface area contributed by atoms with Gasteiger partial charge in [0.05, 0.1) is 11.8 Å². The summed E-state index contributed by atoms with van der Waals surface area (Å²) in [7, 11) is 1.80. The van der Waals surface area contributed by atoms with Crippen molar-refractivity contribution >= 4 is 6.03 Å². The summed E-state index contributed by atoms with van der Waals surface area (Å²) in [5, 5.41) is 16.9. The second kappa shape index (κ2) is 8.34. The molecule has 1 saturated carbocycles. The molecule has 2 rings (SSSR count). The highest BCUT2D eigenvalue weighted by Crippen LogP contribution is 2.24. The number of hydrogen-bond acceptors (Lipinski definition) is 4. The van der Waals surface area contributed by atoms with E-state index in [1.54, 1.807) is 11.9 Å². The zero-order valence-electron chi connectivity index (χ0n) is 14.5. The first-order valence-electron chi connectivity index (χ1n) is 8.57. The minimum absolute atomic E-state index is 0.0680. The Kier molecular flexibility index (Phi) is 6.45. The van der Waals surface area contributed by atoms with Crippen LogP contribution < -0.4 is 5.32 Å². The molecule has 1 aromatic heterocycles. The molecule has 0 saturated heterocycles. The fourth-order valence-electron chi connectivity index (χ4n) is 3.29. The topological polar surface area (TPSA) is 78.6 Å². The van der Waals surface area contributed by atoms with Gasteiger partial charge in [0, 0.05) is 31.6 Å². The molecule has 2 atom stereocenters. The maximum absolute atomic E-state index is 12.1. The van der Waals surface area contributed by atoms with Crippen molar-refractivity contribution in [1.82, 2.24) is 15.4 Å². The zero-order valence-corrected chi connectivity index (χ0v) is 14.5. The molecule has 0 bridgehead atoms. The fraction of sp³-hybridized carbons (Fsp3) is 0.765. The second-order valence-electron chi connectivity index (χ2n) is 6.63. The largest absolute Gasteiger partial charge is 0.393 e. The minimum atomic E-state index is -0.265. The summed E-state index contributed by atoms with van der Waals surface area (Å²) in [6.07, 6.45) is 5.55. The normalized spacial score (nSPS) is 21.2. The van der Waals surface area contributed by atoms with Gasteiger partial charge in [-0.2, -0.15) is 0 Å². The lowest BCUT2D eigenvalue weighted by atomic mass is 9.86. The van der Waals surface area contributed by atoms with Crippen LogP contribution in [0.15, 0.2) is 4.52 Å². The number of amides is 2. The molecule has 6 nitrogen and oxygen atoms in total. The molecule has 2 N–H and O–H groups in total. The van der Waals surface area contributed by atoms with Gasteiger partial charge in [0.1, 0.15) is 5.76 Å². The molecule has 0 spiro atoms. The molecule has 6 heteroatoms. The molecule has 1 fully saturated rings. The standard InChI is InChI=1S/C17H29N3O3/c1-12-15(13(2)23-19-12)8-6-10-18-17(22)20(3)11-14-7-4-5-9-16(14)21/h14,16,21H,4-11H2,1-3H3,(H,18,22). The third-order valence-electron chi connectivity index (χ3n) is 4.79. The van der Waals surface area contributed by atoms with Gasteiger partial charge >= 0.3 is 6.03 Å². The van der Waals surface area contributed by atoms with Crippen molar-refractivity contribution in [2.75, 3.05) is 20.1 Å². The van der Waals surface area contributed by atoms with Crippen LogP contribution in [0.25, 0.3) is 0 Å². The second-order valence-corrected chi connectivity index (χ2v) is 6.63. The summed E-state index contributed by atoms with van der Waals surface area (Å²) < 4.78 is 5.14. The lowest BCUT2D eigenvalue weighted by Crippen LogP contribution is -2.43. The summed E-state index contributed by atoms with van der Waals surface area (Å²) in [6.45, 7) is 5.10. The predicted octanol–water partition coefficient (Wildman–Crippen LogP) is 2.42. The van der Waals surface area contributed by atoms with Crippen molar-refractivity contribution in [2.24, 2.45) is 5.92 Å². The zero-order chi connectivity index (χ0) is 16.8. The van der Waals surface area contributed by atoms with E-state index in [0.717, 1.165) is 55.5 Å². The monoisotopic (exact) mass is 323 g/mol. The van der Waals surface area contributed by atoms with E-state index in [9.17, 15) is 9.90 Å². The Hall–Kier alpha value is -1.56. The van der Waals surface area contributed by atoms with Crippen molar-refractivity contribution in [2.45, 2.75) is 58.5 Å². The highest BCUT2D eigenvalue weighted by molar-refractivity contribution is 5.73. The van der Waals surface area contributed by atoms with Crippen molar-refractivity contribution in [3.8, 4) is 0 Å². The summed E-state index contributed by atoms with van der Waals surface area (Å²) in [4.78, 5) is 13.8. The molecule has 0 aromatic carbocycles. The highest BCUT2D eigenvalue weighted by Gasteiger charge is 2.25. The molecule has 2 amide bonds. The van der Waals surface area contributed by atoms with Crippen LogP contribution in [0, 0.1) is 19.8 Å². The third-order valence-corrected chi connectivity index (χ3v) is 4.79. The van der Waals surface area contributed by atoms with Gasteiger partial charge < -0.3 is 19.8 Å². The molecule has 1 heterocycles. The Morgan fingerprint density at radius 1 is 1.39 bits per heavy atom. The lowest BCUT2D eigenvalue weighted by molar-refractivity contribution is 0.0565. The number of nitrogens with zero attached hydrogens (tertiary/aromatic N) is 2. The quantitative estimate of drug-likeness (QED) is 0.788. The Bertz CT molecular complexity index is 496. The smallest absolute Gasteiger partial charge is 0.317 e. The van der Waals surface area contributed by atoms with Crippen LogP contribution in [0.3, 0.4) is 0 Å². The maximum Gasteiger partial charge on any atom is 0.317 e. The number of aromatic nitrogens is 1. The summed E-state index contributed by atoms with van der Waals surface area (Å²) >= 11 is 0. The van der Waals surface area contributed by atoms with E-state index >= 15 is 0 Å². The Labute approximate surface area is 138 Å². The van der Waals surface area contributed by atoms with Crippen LogP contribution in [0.1, 0.15) is 49.1 Å². The number of aliphatic hydroxyl groups excluding tert-OH is 1. The minimum Gasteiger partial charge on any atom is -0.393 e. The molecular formula is C17H29N3O3. The number of carbonyl (C=O) groups excluding carboxylic acids is 1. The number of rotatable bonds is 6. The van der Waals surface area contributed by atoms with E-state index in [2.05, 4.69) is 10.5 Å². The van der Waals surface area contributed by atoms with Gasteiger partial charge in [-0.05, 0) is 39.5 Å². The first kappa shape index (κ1) is 17.8. The van der Waals surface area contributed by atoms with Crippen LogP contribution in [-0.4, -0.2) is 47.4 Å². The van der Waals surface area contributed by atoms with E-state index in [-0.39, 0.29) is 18.1 Å². The van der Waals surface area contributed by atoms with Crippen molar-refractivity contribution < 1.29 is 14.4 Å². The van der Waals surface area contributed by atoms with Crippen LogP contribution >= 0.6 is 0 Å². The number of hydrogen-bond donors (Lipinski definition) is 2. The number of aryl methyl sites for hydroxylation is 2. The van der Waals surface area contributed by atoms with E-state index < -0.39 is 0 Å². The number of carbonyl (C=O) groups is 1. The van der Waals surface area contributed by atoms with Crippen molar-refractivity contribution in [3.63, 3.8) is 0 Å². The van der Waals surface area contributed by atoms with Crippen LogP contribution in [0.2, 0.25) is 0 Å². The SMILES string of the molecule is Cc1noc(C)c1CCCNC(=O)N(C)CC1CCCCC1O. The molecule has 0 aliphatic heterocycles. The average Bonchev–Trinajstić information content (AvgIpc) is 2.85. The van der Waals surface area contributed by atoms with Crippen molar-refractivity contribution in [1.29, 1.82) is 0 Å². The van der Waals surface area contributed by atoms with Gasteiger partial charge in [0.2, 0.25) is 0 Å². The maximum atomic E-state index is 12.1. The molecular weight excluding hydrogens is 294 g/mol. The lowest BCUT2D eigenvalue weighted by Gasteiger charge is -2.31. The van der Waals surface area contributed by atoms with Gasteiger partial charge in [-0.15, -0.1) is 0 Å². The van der Waals surface area contributed by atoms with Gasteiger partial charge in [-0.25, -0.2) is 4.79 Å². The molecule has 130 valence electrons. The number of nitrogens with one attached hydrogen (secondary N) is 1. The number of aliphatic hydroxyl groups is 1. The molecule has 2 unspecified atom stereocenters. The predicted molar refractivity (Wildman–Crippen MR) is 88.3 cm³/mol. The fourth-order valence-corrected chi connectivity index (χ4v) is 3.29. The van der Waals surface area contributed by atoms with Crippen molar-refractivity contribution in [3.05, 3.63) is 17.0 Å². The Morgan fingerprint density at radius 2 is 2.13 bits per heavy atom. The summed E-state index contributed by atoms with van der Waals surface area (Å²) in [5.41, 5.74) is 2.06. The Balaban J connectivity index is 1.67. The number of urea groups is 1. The first-order valence-corrected chi connectivity index (χ1v) is 8.57. The average molecular weight is 323 g/mol. The molecule has 23 heavy (non-hydrogen) atoms. The van der Waals surface area contributed by atoms with E-state index in [1.807, 2.05) is 13.8 Å². The van der Waals surface area contributed by atoms with Crippen LogP contribution in [0.5, 0.6) is 0 Å². The van der Waals surface area contributed by atoms with E-state index in [0.29, 0.717) is 13.1 Å². The third kappa shape index (κ3) is 4.96. The molecule has 0 radical (unpaired) electrons. The van der Waals surface area contributed by atoms with Gasteiger partial charge in [0.25, 0.3) is 0 Å². The molecule has 1 aliphatic carbocycles. The summed E-state index contributed by atoms with van der Waals surface area (Å²) in [5.74, 6) is 1.07. The van der Waals surface area contributed by atoms with Crippen LogP contribution in [-0.2, 0) is 6.42 Å². The van der Waals surface area contributed by atoms with Gasteiger partial charge in [-0.1, -0.05) is 18.0 Å². The first-order chi connectivity index (χ1) is 11.0.